The molecule has 5 heteroatoms. The molecule has 144 valence electrons. The van der Waals surface area contributed by atoms with Gasteiger partial charge < -0.3 is 18.9 Å². The second-order valence-corrected chi connectivity index (χ2v) is 8.73. The lowest BCUT2D eigenvalue weighted by molar-refractivity contribution is -0.0690. The van der Waals surface area contributed by atoms with Crippen LogP contribution in [0.15, 0.2) is 42.5 Å². The number of benzene rings is 2. The summed E-state index contributed by atoms with van der Waals surface area (Å²) < 4.78 is 24.0. The number of hydrogen-bond acceptors (Lipinski definition) is 5. The van der Waals surface area contributed by atoms with Gasteiger partial charge in [0.15, 0.2) is 17.8 Å². The molecule has 1 unspecified atom stereocenters. The van der Waals surface area contributed by atoms with Crippen LogP contribution in [0.3, 0.4) is 0 Å². The van der Waals surface area contributed by atoms with Crippen LogP contribution in [0.4, 0.5) is 0 Å². The van der Waals surface area contributed by atoms with Gasteiger partial charge in [-0.2, -0.15) is 0 Å². The van der Waals surface area contributed by atoms with Gasteiger partial charge in [0.2, 0.25) is 6.79 Å². The van der Waals surface area contributed by atoms with Gasteiger partial charge >= 0.3 is 0 Å². The Morgan fingerprint density at radius 3 is 2.54 bits per heavy atom. The molecule has 3 fully saturated rings. The first-order valence-corrected chi connectivity index (χ1v) is 10.4. The summed E-state index contributed by atoms with van der Waals surface area (Å²) in [6.45, 7) is 2.49. The van der Waals surface area contributed by atoms with E-state index in [4.69, 9.17) is 18.9 Å². The summed E-state index contributed by atoms with van der Waals surface area (Å²) in [5.74, 6) is 3.00. The van der Waals surface area contributed by atoms with E-state index in [1.165, 1.54) is 11.1 Å². The van der Waals surface area contributed by atoms with E-state index in [2.05, 4.69) is 41.3 Å². The minimum atomic E-state index is -0.217. The van der Waals surface area contributed by atoms with Crippen molar-refractivity contribution in [2.24, 2.45) is 5.92 Å². The van der Waals surface area contributed by atoms with E-state index < -0.39 is 0 Å². The van der Waals surface area contributed by atoms with E-state index >= 15 is 0 Å². The Bertz CT molecular complexity index is 932. The van der Waals surface area contributed by atoms with Crippen molar-refractivity contribution in [1.82, 2.24) is 4.90 Å². The lowest BCUT2D eigenvalue weighted by Gasteiger charge is -2.36. The predicted molar refractivity (Wildman–Crippen MR) is 101 cm³/mol. The molecule has 0 spiro atoms. The highest BCUT2D eigenvalue weighted by atomic mass is 16.7. The van der Waals surface area contributed by atoms with Crippen molar-refractivity contribution in [2.75, 3.05) is 13.3 Å². The van der Waals surface area contributed by atoms with Gasteiger partial charge in [-0.3, -0.25) is 4.90 Å². The van der Waals surface area contributed by atoms with Gasteiger partial charge in [0.05, 0.1) is 12.2 Å². The Morgan fingerprint density at radius 1 is 0.893 bits per heavy atom. The molecule has 0 radical (unpaired) electrons. The Balaban J connectivity index is 1.18. The fraction of sp³-hybridized carbons (Fsp3) is 0.478. The van der Waals surface area contributed by atoms with Crippen LogP contribution in [-0.2, 0) is 16.0 Å². The lowest BCUT2D eigenvalue weighted by atomic mass is 9.75. The van der Waals surface area contributed by atoms with Gasteiger partial charge in [0.1, 0.15) is 0 Å². The van der Waals surface area contributed by atoms with Crippen molar-refractivity contribution in [3.63, 3.8) is 0 Å². The van der Waals surface area contributed by atoms with Crippen LogP contribution in [0, 0.1) is 5.92 Å². The van der Waals surface area contributed by atoms with Crippen molar-refractivity contribution in [3.8, 4) is 11.5 Å². The standard InChI is InChI=1S/C23H23NO4/c1-2-4-13(5-3-1)23-27-21-8-16-17-11-24(18(16)9-22(21)28-23)10-14-6-19-20(7-15(14)17)26-12-25-19/h1-7,16-18,21-23H,8-12H2/t16-,17-,18-,21+,22-,23+/m0/s1. The third-order valence-electron chi connectivity index (χ3n) is 7.38. The molecule has 28 heavy (non-hydrogen) atoms. The number of ether oxygens (including phenoxy) is 4. The highest BCUT2D eigenvalue weighted by molar-refractivity contribution is 5.51. The Hall–Kier alpha value is -2.08. The second-order valence-electron chi connectivity index (χ2n) is 8.73. The van der Waals surface area contributed by atoms with E-state index in [0.717, 1.165) is 43.0 Å². The summed E-state index contributed by atoms with van der Waals surface area (Å²) in [4.78, 5) is 2.66. The SMILES string of the molecule is c1ccc([C@H]2O[C@H]3C[C@H]4[C@@H](C[C@H]3O2)[C@H]2CN4Cc3cc4c(cc32)OCO4)cc1. The van der Waals surface area contributed by atoms with E-state index in [-0.39, 0.29) is 18.5 Å². The monoisotopic (exact) mass is 377 g/mol. The van der Waals surface area contributed by atoms with Crippen molar-refractivity contribution in [2.45, 2.75) is 49.8 Å². The quantitative estimate of drug-likeness (QED) is 0.760. The third-order valence-corrected chi connectivity index (χ3v) is 7.38. The maximum atomic E-state index is 6.38. The van der Waals surface area contributed by atoms with E-state index in [0.29, 0.717) is 24.7 Å². The molecule has 4 aliphatic heterocycles. The number of nitrogens with zero attached hydrogens (tertiary/aromatic N) is 1. The van der Waals surface area contributed by atoms with Crippen molar-refractivity contribution < 1.29 is 18.9 Å². The smallest absolute Gasteiger partial charge is 0.231 e. The normalized spacial score (nSPS) is 39.4. The van der Waals surface area contributed by atoms with Gasteiger partial charge in [-0.25, -0.2) is 0 Å². The van der Waals surface area contributed by atoms with Crippen molar-refractivity contribution in [3.05, 3.63) is 59.2 Å². The maximum Gasteiger partial charge on any atom is 0.231 e. The van der Waals surface area contributed by atoms with Crippen LogP contribution in [0.1, 0.15) is 41.7 Å². The molecule has 0 aromatic heterocycles. The molecule has 0 amide bonds. The topological polar surface area (TPSA) is 40.2 Å². The molecule has 1 aliphatic carbocycles. The van der Waals surface area contributed by atoms with Crippen LogP contribution in [0.2, 0.25) is 0 Å². The molecular formula is C23H23NO4. The highest BCUT2D eigenvalue weighted by Crippen LogP contribution is 2.54. The largest absolute Gasteiger partial charge is 0.454 e. The summed E-state index contributed by atoms with van der Waals surface area (Å²) >= 11 is 0. The number of rotatable bonds is 1. The molecular weight excluding hydrogens is 354 g/mol. The molecule has 1 saturated carbocycles. The van der Waals surface area contributed by atoms with Gasteiger partial charge in [-0.15, -0.1) is 0 Å². The Labute approximate surface area is 164 Å². The fourth-order valence-corrected chi connectivity index (χ4v) is 6.13. The zero-order valence-electron chi connectivity index (χ0n) is 15.6. The van der Waals surface area contributed by atoms with Gasteiger partial charge in [-0.1, -0.05) is 30.3 Å². The minimum absolute atomic E-state index is 0.199. The van der Waals surface area contributed by atoms with Crippen LogP contribution in [0.25, 0.3) is 0 Å². The minimum Gasteiger partial charge on any atom is -0.454 e. The molecule has 7 rings (SSSR count). The molecule has 0 N–H and O–H groups in total. The van der Waals surface area contributed by atoms with Crippen LogP contribution in [-0.4, -0.2) is 36.5 Å². The predicted octanol–water partition coefficient (Wildman–Crippen LogP) is 3.59. The summed E-state index contributed by atoms with van der Waals surface area (Å²) in [6, 6.07) is 15.4. The lowest BCUT2D eigenvalue weighted by Crippen LogP contribution is -2.43. The summed E-state index contributed by atoms with van der Waals surface area (Å²) in [7, 11) is 0. The second kappa shape index (κ2) is 5.72. The summed E-state index contributed by atoms with van der Waals surface area (Å²) in [5.41, 5.74) is 4.00. The highest BCUT2D eigenvalue weighted by Gasteiger charge is 2.54. The average Bonchev–Trinajstić information content (AvgIpc) is 3.42. The van der Waals surface area contributed by atoms with Crippen molar-refractivity contribution >= 4 is 0 Å². The maximum absolute atomic E-state index is 6.38. The molecule has 2 bridgehead atoms. The zero-order valence-corrected chi connectivity index (χ0v) is 15.6. The molecule has 2 saturated heterocycles. The Kier molecular flexibility index (Phi) is 3.23. The number of fused-ring (bicyclic) bond motifs is 9. The van der Waals surface area contributed by atoms with E-state index in [9.17, 15) is 0 Å². The molecule has 5 nitrogen and oxygen atoms in total. The zero-order chi connectivity index (χ0) is 18.2. The van der Waals surface area contributed by atoms with Crippen LogP contribution >= 0.6 is 0 Å². The Morgan fingerprint density at radius 2 is 1.68 bits per heavy atom. The van der Waals surface area contributed by atoms with E-state index in [1.54, 1.807) is 0 Å². The summed E-state index contributed by atoms with van der Waals surface area (Å²) in [6.07, 6.45) is 2.32. The molecule has 2 aromatic carbocycles. The van der Waals surface area contributed by atoms with Gasteiger partial charge in [0, 0.05) is 30.6 Å². The molecule has 2 aromatic rings. The fourth-order valence-electron chi connectivity index (χ4n) is 6.13. The van der Waals surface area contributed by atoms with Crippen LogP contribution < -0.4 is 9.47 Å². The van der Waals surface area contributed by atoms with Gasteiger partial charge in [-0.05, 0) is 42.0 Å². The average molecular weight is 377 g/mol. The summed E-state index contributed by atoms with van der Waals surface area (Å²) in [5, 5.41) is 0. The first-order valence-electron chi connectivity index (χ1n) is 10.4. The molecule has 4 heterocycles. The van der Waals surface area contributed by atoms with Crippen molar-refractivity contribution in [1.29, 1.82) is 0 Å². The molecule has 7 atom stereocenters. The van der Waals surface area contributed by atoms with Crippen LogP contribution in [0.5, 0.6) is 11.5 Å². The first kappa shape index (κ1) is 15.8. The first-order chi connectivity index (χ1) is 13.8. The van der Waals surface area contributed by atoms with E-state index in [1.807, 2.05) is 6.07 Å². The number of hydrogen-bond donors (Lipinski definition) is 0. The third kappa shape index (κ3) is 2.18. The molecule has 5 aliphatic rings. The van der Waals surface area contributed by atoms with Gasteiger partial charge in [0.25, 0.3) is 0 Å².